The predicted molar refractivity (Wildman–Crippen MR) is 105 cm³/mol. The molecule has 0 aliphatic rings. The van der Waals surface area contributed by atoms with Crippen LogP contribution >= 0.6 is 11.3 Å². The first-order chi connectivity index (χ1) is 12.8. The minimum absolute atomic E-state index is 0.0149. The maximum atomic E-state index is 13.0. The number of esters is 1. The molecular formula is C18H16N2O5S2. The van der Waals surface area contributed by atoms with Crippen molar-refractivity contribution in [3.63, 3.8) is 0 Å². The Balaban J connectivity index is 2.02. The number of nitrogens with one attached hydrogen (secondary N) is 2. The van der Waals surface area contributed by atoms with Crippen molar-refractivity contribution in [3.8, 4) is 0 Å². The zero-order chi connectivity index (χ0) is 19.6. The standard InChI is InChI=1S/C18H16N2O5S2/c1-11(21)19-12-7-9-13(10-8-12)20-27(23,24)17-14-5-3-4-6-15(14)26-16(17)18(22)25-2/h3-10,20H,1-2H3,(H,19,21). The summed E-state index contributed by atoms with van der Waals surface area (Å²) >= 11 is 1.06. The van der Waals surface area contributed by atoms with E-state index < -0.39 is 16.0 Å². The van der Waals surface area contributed by atoms with Crippen LogP contribution in [0.1, 0.15) is 16.6 Å². The van der Waals surface area contributed by atoms with Gasteiger partial charge in [0, 0.05) is 28.4 Å². The second kappa shape index (κ2) is 7.37. The van der Waals surface area contributed by atoms with Crippen molar-refractivity contribution in [3.05, 3.63) is 53.4 Å². The highest BCUT2D eigenvalue weighted by atomic mass is 32.2. The SMILES string of the molecule is COC(=O)c1sc2ccccc2c1S(=O)(=O)Nc1ccc(NC(C)=O)cc1. The van der Waals surface area contributed by atoms with Gasteiger partial charge in [-0.05, 0) is 30.3 Å². The average molecular weight is 404 g/mol. The lowest BCUT2D eigenvalue weighted by Gasteiger charge is -2.10. The smallest absolute Gasteiger partial charge is 0.349 e. The number of rotatable bonds is 5. The zero-order valence-electron chi connectivity index (χ0n) is 14.5. The molecule has 0 bridgehead atoms. The molecule has 1 aromatic heterocycles. The first kappa shape index (κ1) is 18.9. The molecule has 2 aromatic carbocycles. The molecule has 3 aromatic rings. The average Bonchev–Trinajstić information content (AvgIpc) is 3.02. The number of thiophene rings is 1. The van der Waals surface area contributed by atoms with Crippen LogP contribution in [0, 0.1) is 0 Å². The number of ether oxygens (including phenoxy) is 1. The quantitative estimate of drug-likeness (QED) is 0.634. The summed E-state index contributed by atoms with van der Waals surface area (Å²) in [6.07, 6.45) is 0. The van der Waals surface area contributed by atoms with E-state index in [2.05, 4.69) is 10.0 Å². The molecule has 0 aliphatic heterocycles. The summed E-state index contributed by atoms with van der Waals surface area (Å²) < 4.78 is 33.9. The van der Waals surface area contributed by atoms with Gasteiger partial charge in [-0.3, -0.25) is 9.52 Å². The van der Waals surface area contributed by atoms with Crippen LogP contribution < -0.4 is 10.0 Å². The number of benzene rings is 2. The number of fused-ring (bicyclic) bond motifs is 1. The molecule has 0 saturated carbocycles. The molecule has 9 heteroatoms. The Labute approximate surface area is 160 Å². The molecule has 0 atom stereocenters. The minimum Gasteiger partial charge on any atom is -0.465 e. The number of anilines is 2. The summed E-state index contributed by atoms with van der Waals surface area (Å²) in [5.41, 5.74) is 0.844. The maximum absolute atomic E-state index is 13.0. The van der Waals surface area contributed by atoms with Crippen LogP contribution in [0.25, 0.3) is 10.1 Å². The number of methoxy groups -OCH3 is 1. The van der Waals surface area contributed by atoms with Gasteiger partial charge in [-0.2, -0.15) is 0 Å². The summed E-state index contributed by atoms with van der Waals surface area (Å²) in [6, 6.07) is 13.1. The van der Waals surface area contributed by atoms with Gasteiger partial charge >= 0.3 is 5.97 Å². The molecule has 0 unspecified atom stereocenters. The van der Waals surface area contributed by atoms with Crippen LogP contribution in [-0.4, -0.2) is 27.4 Å². The highest BCUT2D eigenvalue weighted by molar-refractivity contribution is 7.93. The van der Waals surface area contributed by atoms with Crippen LogP contribution in [0.5, 0.6) is 0 Å². The molecular weight excluding hydrogens is 388 g/mol. The van der Waals surface area contributed by atoms with E-state index in [1.807, 2.05) is 0 Å². The molecule has 140 valence electrons. The Hall–Kier alpha value is -2.91. The Kier molecular flexibility index (Phi) is 5.15. The van der Waals surface area contributed by atoms with Gasteiger partial charge in [0.25, 0.3) is 10.0 Å². The molecule has 1 heterocycles. The summed E-state index contributed by atoms with van der Waals surface area (Å²) in [6.45, 7) is 1.38. The van der Waals surface area contributed by atoms with E-state index in [1.165, 1.54) is 26.2 Å². The fourth-order valence-corrected chi connectivity index (χ4v) is 5.42. The van der Waals surface area contributed by atoms with Crippen molar-refractivity contribution in [1.29, 1.82) is 0 Å². The minimum atomic E-state index is -4.05. The second-order valence-corrected chi connectivity index (χ2v) is 8.28. The van der Waals surface area contributed by atoms with E-state index >= 15 is 0 Å². The fraction of sp³-hybridized carbons (Fsp3) is 0.111. The Morgan fingerprint density at radius 2 is 1.63 bits per heavy atom. The van der Waals surface area contributed by atoms with Crippen molar-refractivity contribution in [1.82, 2.24) is 0 Å². The van der Waals surface area contributed by atoms with Gasteiger partial charge < -0.3 is 10.1 Å². The second-order valence-electron chi connectivity index (χ2n) is 5.61. The number of hydrogen-bond acceptors (Lipinski definition) is 6. The number of sulfonamides is 1. The first-order valence-electron chi connectivity index (χ1n) is 7.82. The molecule has 1 amide bonds. The number of amides is 1. The van der Waals surface area contributed by atoms with Gasteiger partial charge in [0.1, 0.15) is 9.77 Å². The van der Waals surface area contributed by atoms with Gasteiger partial charge in [-0.1, -0.05) is 18.2 Å². The molecule has 27 heavy (non-hydrogen) atoms. The molecule has 2 N–H and O–H groups in total. The van der Waals surface area contributed by atoms with Crippen molar-refractivity contribution >= 4 is 54.7 Å². The molecule has 3 rings (SSSR count). The van der Waals surface area contributed by atoms with Gasteiger partial charge in [0.05, 0.1) is 7.11 Å². The molecule has 0 fully saturated rings. The predicted octanol–water partition coefficient (Wildman–Crippen LogP) is 3.45. The van der Waals surface area contributed by atoms with Crippen LogP contribution in [0.3, 0.4) is 0 Å². The Bertz CT molecular complexity index is 1120. The van der Waals surface area contributed by atoms with Gasteiger partial charge in [0.15, 0.2) is 0 Å². The van der Waals surface area contributed by atoms with Crippen molar-refractivity contribution < 1.29 is 22.7 Å². The van der Waals surface area contributed by atoms with E-state index in [9.17, 15) is 18.0 Å². The van der Waals surface area contributed by atoms with Crippen molar-refractivity contribution in [2.75, 3.05) is 17.1 Å². The largest absolute Gasteiger partial charge is 0.465 e. The highest BCUT2D eigenvalue weighted by Gasteiger charge is 2.29. The third-order valence-corrected chi connectivity index (χ3v) is 6.39. The lowest BCUT2D eigenvalue weighted by atomic mass is 10.2. The summed E-state index contributed by atoms with van der Waals surface area (Å²) in [7, 11) is -2.84. The third-order valence-electron chi connectivity index (χ3n) is 3.65. The summed E-state index contributed by atoms with van der Waals surface area (Å²) in [5.74, 6) is -0.937. The van der Waals surface area contributed by atoms with E-state index in [1.54, 1.807) is 36.4 Å². The first-order valence-corrected chi connectivity index (χ1v) is 10.1. The summed E-state index contributed by atoms with van der Waals surface area (Å²) in [5, 5.41) is 3.05. The third kappa shape index (κ3) is 3.93. The molecule has 0 saturated heterocycles. The van der Waals surface area contributed by atoms with E-state index in [0.29, 0.717) is 21.5 Å². The lowest BCUT2D eigenvalue weighted by Crippen LogP contribution is -2.16. The van der Waals surface area contributed by atoms with Crippen LogP contribution in [0.4, 0.5) is 11.4 Å². The van der Waals surface area contributed by atoms with E-state index in [0.717, 1.165) is 11.3 Å². The molecule has 0 aliphatic carbocycles. The highest BCUT2D eigenvalue weighted by Crippen LogP contribution is 2.36. The van der Waals surface area contributed by atoms with Crippen LogP contribution in [0.2, 0.25) is 0 Å². The topological polar surface area (TPSA) is 102 Å². The number of carbonyl (C=O) groups is 2. The number of carbonyl (C=O) groups excluding carboxylic acids is 2. The van der Waals surface area contributed by atoms with E-state index in [-0.39, 0.29) is 15.7 Å². The molecule has 0 radical (unpaired) electrons. The summed E-state index contributed by atoms with van der Waals surface area (Å²) in [4.78, 5) is 23.1. The zero-order valence-corrected chi connectivity index (χ0v) is 16.1. The monoisotopic (exact) mass is 404 g/mol. The van der Waals surface area contributed by atoms with Crippen LogP contribution in [-0.2, 0) is 19.6 Å². The fourth-order valence-electron chi connectivity index (χ4n) is 2.55. The normalized spacial score (nSPS) is 11.2. The van der Waals surface area contributed by atoms with E-state index in [4.69, 9.17) is 4.74 Å². The van der Waals surface area contributed by atoms with Gasteiger partial charge in [-0.25, -0.2) is 13.2 Å². The molecule has 0 spiro atoms. The van der Waals surface area contributed by atoms with Crippen molar-refractivity contribution in [2.45, 2.75) is 11.8 Å². The molecule has 7 nitrogen and oxygen atoms in total. The van der Waals surface area contributed by atoms with Crippen molar-refractivity contribution in [2.24, 2.45) is 0 Å². The Morgan fingerprint density at radius 1 is 1.00 bits per heavy atom. The Morgan fingerprint density at radius 3 is 2.26 bits per heavy atom. The lowest BCUT2D eigenvalue weighted by molar-refractivity contribution is -0.114. The van der Waals surface area contributed by atoms with Crippen LogP contribution in [0.15, 0.2) is 53.4 Å². The van der Waals surface area contributed by atoms with Gasteiger partial charge in [0.2, 0.25) is 5.91 Å². The van der Waals surface area contributed by atoms with Gasteiger partial charge in [-0.15, -0.1) is 11.3 Å². The number of hydrogen-bond donors (Lipinski definition) is 2. The maximum Gasteiger partial charge on any atom is 0.349 e.